The van der Waals surface area contributed by atoms with Crippen molar-refractivity contribution in [2.24, 2.45) is 0 Å². The normalized spacial score (nSPS) is 12.2. The molecule has 0 saturated carbocycles. The van der Waals surface area contributed by atoms with Gasteiger partial charge in [0.25, 0.3) is 0 Å². The number of carbonyl (C=O) groups is 1. The number of nitrogens with one attached hydrogen (secondary N) is 2. The summed E-state index contributed by atoms with van der Waals surface area (Å²) in [5.41, 5.74) is 2.19. The highest BCUT2D eigenvalue weighted by Crippen LogP contribution is 2.21. The molecular formula is C24H25ClN2O4S. The lowest BCUT2D eigenvalue weighted by atomic mass is 10.1. The predicted molar refractivity (Wildman–Crippen MR) is 127 cm³/mol. The van der Waals surface area contributed by atoms with Crippen LogP contribution in [0.1, 0.15) is 18.1 Å². The lowest BCUT2D eigenvalue weighted by Crippen LogP contribution is -2.45. The van der Waals surface area contributed by atoms with Gasteiger partial charge in [-0.2, -0.15) is 4.72 Å². The van der Waals surface area contributed by atoms with Crippen LogP contribution >= 0.6 is 11.6 Å². The van der Waals surface area contributed by atoms with E-state index < -0.39 is 22.0 Å². The van der Waals surface area contributed by atoms with Gasteiger partial charge in [-0.15, -0.1) is 0 Å². The quantitative estimate of drug-likeness (QED) is 0.477. The fourth-order valence-electron chi connectivity index (χ4n) is 3.07. The fourth-order valence-corrected chi connectivity index (χ4v) is 4.45. The molecule has 3 rings (SSSR count). The third kappa shape index (κ3) is 6.32. The first-order chi connectivity index (χ1) is 15.3. The van der Waals surface area contributed by atoms with Gasteiger partial charge in [0.1, 0.15) is 11.8 Å². The first kappa shape index (κ1) is 23.8. The number of aryl methyl sites for hydroxylation is 1. The van der Waals surface area contributed by atoms with Gasteiger partial charge >= 0.3 is 0 Å². The summed E-state index contributed by atoms with van der Waals surface area (Å²) in [6.07, 6.45) is 0.183. The Morgan fingerprint density at radius 3 is 2.34 bits per heavy atom. The number of benzene rings is 3. The Kier molecular flexibility index (Phi) is 7.90. The zero-order chi connectivity index (χ0) is 23.1. The van der Waals surface area contributed by atoms with Crippen molar-refractivity contribution in [1.29, 1.82) is 0 Å². The van der Waals surface area contributed by atoms with Gasteiger partial charge in [-0.05, 0) is 67.8 Å². The smallest absolute Gasteiger partial charge is 0.242 e. The molecule has 2 N–H and O–H groups in total. The fraction of sp³-hybridized carbons (Fsp3) is 0.208. The Bertz CT molecular complexity index is 1170. The molecule has 0 fully saturated rings. The molecule has 0 bridgehead atoms. The average Bonchev–Trinajstić information content (AvgIpc) is 2.77. The summed E-state index contributed by atoms with van der Waals surface area (Å²) < 4.78 is 33.9. The van der Waals surface area contributed by atoms with Crippen LogP contribution in [0.25, 0.3) is 0 Å². The number of carbonyl (C=O) groups excluding carboxylic acids is 1. The van der Waals surface area contributed by atoms with Gasteiger partial charge in [0.05, 0.1) is 11.5 Å². The number of sulfonamides is 1. The minimum atomic E-state index is -3.96. The number of amides is 1. The molecule has 8 heteroatoms. The van der Waals surface area contributed by atoms with Crippen LogP contribution in [-0.2, 0) is 21.2 Å². The zero-order valence-corrected chi connectivity index (χ0v) is 19.4. The molecule has 0 saturated heterocycles. The van der Waals surface area contributed by atoms with Gasteiger partial charge in [0.15, 0.2) is 0 Å². The van der Waals surface area contributed by atoms with E-state index in [0.29, 0.717) is 23.1 Å². The number of rotatable bonds is 9. The topological polar surface area (TPSA) is 84.5 Å². The molecule has 0 aliphatic carbocycles. The van der Waals surface area contributed by atoms with Crippen LogP contribution in [0.3, 0.4) is 0 Å². The number of ether oxygens (including phenoxy) is 1. The SMILES string of the molecule is CCOc1ccc(S(=O)(=O)N[C@H](Cc2ccccc2)C(=O)Nc2ccc(C)c(Cl)c2)cc1. The van der Waals surface area contributed by atoms with E-state index in [0.717, 1.165) is 11.1 Å². The van der Waals surface area contributed by atoms with Crippen molar-refractivity contribution in [2.45, 2.75) is 31.2 Å². The highest BCUT2D eigenvalue weighted by atomic mass is 35.5. The first-order valence-electron chi connectivity index (χ1n) is 10.1. The van der Waals surface area contributed by atoms with E-state index in [1.807, 2.05) is 44.2 Å². The molecule has 0 aliphatic heterocycles. The molecule has 1 amide bonds. The third-order valence-electron chi connectivity index (χ3n) is 4.78. The Balaban J connectivity index is 1.84. The molecular weight excluding hydrogens is 448 g/mol. The van der Waals surface area contributed by atoms with Gasteiger partial charge in [-0.3, -0.25) is 4.79 Å². The van der Waals surface area contributed by atoms with Crippen molar-refractivity contribution in [1.82, 2.24) is 4.72 Å². The minimum Gasteiger partial charge on any atom is -0.494 e. The Morgan fingerprint density at radius 1 is 1.03 bits per heavy atom. The maximum absolute atomic E-state index is 13.1. The summed E-state index contributed by atoms with van der Waals surface area (Å²) in [5, 5.41) is 3.27. The molecule has 32 heavy (non-hydrogen) atoms. The summed E-state index contributed by atoms with van der Waals surface area (Å²) >= 11 is 6.16. The minimum absolute atomic E-state index is 0.0465. The van der Waals surface area contributed by atoms with E-state index in [1.54, 1.807) is 30.3 Å². The van der Waals surface area contributed by atoms with Crippen LogP contribution in [0, 0.1) is 6.92 Å². The molecule has 0 aromatic heterocycles. The van der Waals surface area contributed by atoms with Crippen molar-refractivity contribution in [3.63, 3.8) is 0 Å². The van der Waals surface area contributed by atoms with Crippen LogP contribution in [-0.4, -0.2) is 27.0 Å². The first-order valence-corrected chi connectivity index (χ1v) is 12.0. The second kappa shape index (κ2) is 10.6. The predicted octanol–water partition coefficient (Wildman–Crippen LogP) is 4.58. The molecule has 3 aromatic carbocycles. The van der Waals surface area contributed by atoms with Gasteiger partial charge in [-0.25, -0.2) is 8.42 Å². The Hall–Kier alpha value is -2.87. The number of hydrogen-bond donors (Lipinski definition) is 2. The van der Waals surface area contributed by atoms with Crippen LogP contribution in [0.15, 0.2) is 77.7 Å². The molecule has 0 spiro atoms. The molecule has 3 aromatic rings. The third-order valence-corrected chi connectivity index (χ3v) is 6.68. The van der Waals surface area contributed by atoms with Crippen LogP contribution < -0.4 is 14.8 Å². The molecule has 0 unspecified atom stereocenters. The molecule has 6 nitrogen and oxygen atoms in total. The van der Waals surface area contributed by atoms with Crippen molar-refractivity contribution >= 4 is 33.2 Å². The zero-order valence-electron chi connectivity index (χ0n) is 17.8. The highest BCUT2D eigenvalue weighted by molar-refractivity contribution is 7.89. The van der Waals surface area contributed by atoms with Gasteiger partial charge < -0.3 is 10.1 Å². The van der Waals surface area contributed by atoms with Crippen molar-refractivity contribution in [3.05, 3.63) is 88.9 Å². The number of anilines is 1. The van der Waals surface area contributed by atoms with E-state index in [1.165, 1.54) is 12.1 Å². The van der Waals surface area contributed by atoms with Crippen LogP contribution in [0.5, 0.6) is 5.75 Å². The van der Waals surface area contributed by atoms with Crippen molar-refractivity contribution in [2.75, 3.05) is 11.9 Å². The maximum Gasteiger partial charge on any atom is 0.242 e. The Labute approximate surface area is 193 Å². The summed E-state index contributed by atoms with van der Waals surface area (Å²) in [7, 11) is -3.96. The van der Waals surface area contributed by atoms with Crippen molar-refractivity contribution < 1.29 is 17.9 Å². The molecule has 0 heterocycles. The van der Waals surface area contributed by atoms with E-state index in [4.69, 9.17) is 16.3 Å². The number of hydrogen-bond acceptors (Lipinski definition) is 4. The molecule has 168 valence electrons. The van der Waals surface area contributed by atoms with Gasteiger partial charge in [0, 0.05) is 10.7 Å². The standard InChI is InChI=1S/C24H25ClN2O4S/c1-3-31-20-11-13-21(14-12-20)32(29,30)27-23(15-18-7-5-4-6-8-18)24(28)26-19-10-9-17(2)22(25)16-19/h4-14,16,23,27H,3,15H2,1-2H3,(H,26,28)/t23-/m1/s1. The lowest BCUT2D eigenvalue weighted by Gasteiger charge is -2.19. The monoisotopic (exact) mass is 472 g/mol. The largest absolute Gasteiger partial charge is 0.494 e. The molecule has 0 aliphatic rings. The van der Waals surface area contributed by atoms with E-state index in [2.05, 4.69) is 10.0 Å². The number of halogens is 1. The summed E-state index contributed by atoms with van der Waals surface area (Å²) in [5.74, 6) is 0.0876. The molecule has 1 atom stereocenters. The van der Waals surface area contributed by atoms with Crippen LogP contribution in [0.2, 0.25) is 5.02 Å². The maximum atomic E-state index is 13.1. The van der Waals surface area contributed by atoms with Crippen molar-refractivity contribution in [3.8, 4) is 5.75 Å². The van der Waals surface area contributed by atoms with Gasteiger partial charge in [0.2, 0.25) is 15.9 Å². The van der Waals surface area contributed by atoms with Crippen LogP contribution in [0.4, 0.5) is 5.69 Å². The lowest BCUT2D eigenvalue weighted by molar-refractivity contribution is -0.117. The summed E-state index contributed by atoms with van der Waals surface area (Å²) in [6.45, 7) is 4.18. The van der Waals surface area contributed by atoms with E-state index in [9.17, 15) is 13.2 Å². The average molecular weight is 473 g/mol. The second-order valence-corrected chi connectivity index (χ2v) is 9.34. The summed E-state index contributed by atoms with van der Waals surface area (Å²) in [6, 6.07) is 19.4. The summed E-state index contributed by atoms with van der Waals surface area (Å²) in [4.78, 5) is 13.1. The second-order valence-electron chi connectivity index (χ2n) is 7.22. The van der Waals surface area contributed by atoms with E-state index >= 15 is 0 Å². The highest BCUT2D eigenvalue weighted by Gasteiger charge is 2.26. The molecule has 0 radical (unpaired) electrons. The van der Waals surface area contributed by atoms with Gasteiger partial charge in [-0.1, -0.05) is 48.0 Å². The Morgan fingerprint density at radius 2 is 1.72 bits per heavy atom. The van der Waals surface area contributed by atoms with E-state index in [-0.39, 0.29) is 11.3 Å².